The van der Waals surface area contributed by atoms with E-state index in [1.807, 2.05) is 0 Å². The van der Waals surface area contributed by atoms with Gasteiger partial charge < -0.3 is 0 Å². The summed E-state index contributed by atoms with van der Waals surface area (Å²) in [5.41, 5.74) is 1.45. The van der Waals surface area contributed by atoms with E-state index in [0.29, 0.717) is 0 Å². The Bertz CT molecular complexity index is 621. The van der Waals surface area contributed by atoms with E-state index in [1.165, 1.54) is 36.4 Å². The molecule has 20 heavy (non-hydrogen) atoms. The summed E-state index contributed by atoms with van der Waals surface area (Å²) >= 11 is 0. The number of nitrogens with zero attached hydrogens (tertiary/aromatic N) is 1. The van der Waals surface area contributed by atoms with Crippen LogP contribution in [0, 0.1) is 5.82 Å². The Morgan fingerprint density at radius 1 is 0.950 bits per heavy atom. The topological polar surface area (TPSA) is 24.4 Å². The molecule has 0 spiro atoms. The number of anilines is 1. The zero-order valence-corrected chi connectivity index (χ0v) is 10.2. The van der Waals surface area contributed by atoms with E-state index >= 15 is 0 Å². The summed E-state index contributed by atoms with van der Waals surface area (Å²) in [4.78, 5) is 0. The first-order valence-electron chi connectivity index (χ1n) is 5.68. The molecule has 2 aromatic rings. The van der Waals surface area contributed by atoms with Crippen molar-refractivity contribution < 1.29 is 17.6 Å². The molecule has 0 radical (unpaired) electrons. The number of hydrogen-bond acceptors (Lipinski definition) is 2. The van der Waals surface area contributed by atoms with Gasteiger partial charge in [0.1, 0.15) is 5.82 Å². The molecule has 0 unspecified atom stereocenters. The maximum absolute atomic E-state index is 13.3. The Balaban J connectivity index is 2.18. The lowest BCUT2D eigenvalue weighted by atomic mass is 10.2. The summed E-state index contributed by atoms with van der Waals surface area (Å²) < 4.78 is 51.4. The van der Waals surface area contributed by atoms with Crippen molar-refractivity contribution in [1.82, 2.24) is 0 Å². The van der Waals surface area contributed by atoms with E-state index in [0.717, 1.165) is 12.3 Å². The van der Waals surface area contributed by atoms with E-state index < -0.39 is 17.6 Å². The first kappa shape index (κ1) is 14.0. The highest BCUT2D eigenvalue weighted by Crippen LogP contribution is 2.34. The molecule has 0 saturated heterocycles. The van der Waals surface area contributed by atoms with Crippen molar-refractivity contribution >= 4 is 11.9 Å². The molecule has 0 bridgehead atoms. The van der Waals surface area contributed by atoms with E-state index in [2.05, 4.69) is 10.5 Å². The third kappa shape index (κ3) is 3.34. The number of alkyl halides is 3. The lowest BCUT2D eigenvalue weighted by Crippen LogP contribution is -2.08. The van der Waals surface area contributed by atoms with Crippen LogP contribution in [0.15, 0.2) is 53.6 Å². The quantitative estimate of drug-likeness (QED) is 0.507. The summed E-state index contributed by atoms with van der Waals surface area (Å²) in [6.45, 7) is 0. The minimum absolute atomic E-state index is 0.185. The van der Waals surface area contributed by atoms with Crippen LogP contribution >= 0.6 is 0 Å². The number of hydrazone groups is 1. The van der Waals surface area contributed by atoms with Gasteiger partial charge in [0.2, 0.25) is 0 Å². The normalized spacial score (nSPS) is 11.8. The second kappa shape index (κ2) is 5.73. The maximum atomic E-state index is 13.3. The molecule has 6 heteroatoms. The standard InChI is InChI=1S/C14H10F4N2/c15-12-7-3-1-5-10(12)9-19-20-13-8-4-2-6-11(13)14(16,17)18/h1-9,20H/b19-9-. The van der Waals surface area contributed by atoms with Crippen LogP contribution in [0.2, 0.25) is 0 Å². The smallest absolute Gasteiger partial charge is 0.278 e. The Labute approximate surface area is 112 Å². The highest BCUT2D eigenvalue weighted by atomic mass is 19.4. The summed E-state index contributed by atoms with van der Waals surface area (Å²) in [5, 5.41) is 3.63. The summed E-state index contributed by atoms with van der Waals surface area (Å²) in [7, 11) is 0. The zero-order chi connectivity index (χ0) is 14.6. The molecule has 1 N–H and O–H groups in total. The van der Waals surface area contributed by atoms with Gasteiger partial charge in [-0.25, -0.2) is 4.39 Å². The van der Waals surface area contributed by atoms with E-state index in [-0.39, 0.29) is 11.3 Å². The average Bonchev–Trinajstić information content (AvgIpc) is 2.40. The van der Waals surface area contributed by atoms with Crippen LogP contribution in [0.4, 0.5) is 23.2 Å². The zero-order valence-electron chi connectivity index (χ0n) is 10.2. The number of nitrogens with one attached hydrogen (secondary N) is 1. The van der Waals surface area contributed by atoms with Gasteiger partial charge in [0.25, 0.3) is 0 Å². The van der Waals surface area contributed by atoms with Gasteiger partial charge in [-0.1, -0.05) is 30.3 Å². The van der Waals surface area contributed by atoms with Gasteiger partial charge in [-0.3, -0.25) is 5.43 Å². The van der Waals surface area contributed by atoms with Crippen LogP contribution < -0.4 is 5.43 Å². The van der Waals surface area contributed by atoms with E-state index in [9.17, 15) is 17.6 Å². The second-order valence-electron chi connectivity index (χ2n) is 3.93. The molecule has 0 aliphatic rings. The molecule has 0 fully saturated rings. The minimum Gasteiger partial charge on any atom is -0.278 e. The van der Waals surface area contributed by atoms with E-state index in [4.69, 9.17) is 0 Å². The molecule has 0 aliphatic carbocycles. The summed E-state index contributed by atoms with van der Waals surface area (Å²) in [6.07, 6.45) is -3.35. The molecular weight excluding hydrogens is 272 g/mol. The molecule has 0 atom stereocenters. The SMILES string of the molecule is Fc1ccccc1/C=N\Nc1ccccc1C(F)(F)F. The predicted molar refractivity (Wildman–Crippen MR) is 69.1 cm³/mol. The molecule has 0 aromatic heterocycles. The van der Waals surface area contributed by atoms with Crippen LogP contribution in [0.1, 0.15) is 11.1 Å². The Morgan fingerprint density at radius 3 is 2.30 bits per heavy atom. The minimum atomic E-state index is -4.48. The Kier molecular flexibility index (Phi) is 4.02. The second-order valence-corrected chi connectivity index (χ2v) is 3.93. The van der Waals surface area contributed by atoms with Crippen molar-refractivity contribution in [3.05, 3.63) is 65.5 Å². The van der Waals surface area contributed by atoms with Gasteiger partial charge in [-0.15, -0.1) is 0 Å². The first-order valence-corrected chi connectivity index (χ1v) is 5.68. The van der Waals surface area contributed by atoms with Crippen molar-refractivity contribution in [3.8, 4) is 0 Å². The molecule has 104 valence electrons. The van der Waals surface area contributed by atoms with Crippen LogP contribution in [0.3, 0.4) is 0 Å². The average molecular weight is 282 g/mol. The van der Waals surface area contributed by atoms with Crippen LogP contribution in [0.5, 0.6) is 0 Å². The van der Waals surface area contributed by atoms with Crippen LogP contribution in [-0.4, -0.2) is 6.21 Å². The lowest BCUT2D eigenvalue weighted by molar-refractivity contribution is -0.136. The number of rotatable bonds is 3. The summed E-state index contributed by atoms with van der Waals surface area (Å²) in [6, 6.07) is 10.8. The van der Waals surface area contributed by atoms with E-state index in [1.54, 1.807) is 6.07 Å². The molecule has 0 aliphatic heterocycles. The Morgan fingerprint density at radius 2 is 1.60 bits per heavy atom. The van der Waals surface area contributed by atoms with Gasteiger partial charge in [0.15, 0.2) is 0 Å². The fraction of sp³-hybridized carbons (Fsp3) is 0.0714. The predicted octanol–water partition coefficient (Wildman–Crippen LogP) is 4.29. The van der Waals surface area contributed by atoms with Crippen molar-refractivity contribution in [2.75, 3.05) is 5.43 Å². The third-order valence-electron chi connectivity index (χ3n) is 2.53. The van der Waals surface area contributed by atoms with Gasteiger partial charge in [0.05, 0.1) is 17.5 Å². The number of para-hydroxylation sites is 1. The fourth-order valence-corrected chi connectivity index (χ4v) is 1.58. The highest BCUT2D eigenvalue weighted by molar-refractivity contribution is 5.80. The van der Waals surface area contributed by atoms with Crippen LogP contribution in [-0.2, 0) is 6.18 Å². The largest absolute Gasteiger partial charge is 0.418 e. The van der Waals surface area contributed by atoms with Crippen molar-refractivity contribution in [2.24, 2.45) is 5.10 Å². The van der Waals surface area contributed by atoms with Gasteiger partial charge >= 0.3 is 6.18 Å². The van der Waals surface area contributed by atoms with Gasteiger partial charge in [-0.2, -0.15) is 18.3 Å². The molecular formula is C14H10F4N2. The maximum Gasteiger partial charge on any atom is 0.418 e. The molecule has 2 aromatic carbocycles. The number of halogens is 4. The van der Waals surface area contributed by atoms with Crippen molar-refractivity contribution in [3.63, 3.8) is 0 Å². The lowest BCUT2D eigenvalue weighted by Gasteiger charge is -2.11. The van der Waals surface area contributed by atoms with Gasteiger partial charge in [0, 0.05) is 5.56 Å². The number of benzene rings is 2. The first-order chi connectivity index (χ1) is 9.48. The molecule has 0 heterocycles. The molecule has 2 rings (SSSR count). The summed E-state index contributed by atoms with van der Waals surface area (Å²) in [5.74, 6) is -0.498. The highest BCUT2D eigenvalue weighted by Gasteiger charge is 2.33. The monoisotopic (exact) mass is 282 g/mol. The third-order valence-corrected chi connectivity index (χ3v) is 2.53. The molecule has 0 amide bonds. The Hall–Kier alpha value is -2.37. The van der Waals surface area contributed by atoms with Crippen molar-refractivity contribution in [2.45, 2.75) is 6.18 Å². The fourth-order valence-electron chi connectivity index (χ4n) is 1.58. The van der Waals surface area contributed by atoms with Gasteiger partial charge in [-0.05, 0) is 18.2 Å². The van der Waals surface area contributed by atoms with Crippen LogP contribution in [0.25, 0.3) is 0 Å². The van der Waals surface area contributed by atoms with Crippen molar-refractivity contribution in [1.29, 1.82) is 0 Å². The molecule has 2 nitrogen and oxygen atoms in total. The number of hydrogen-bond donors (Lipinski definition) is 1. The molecule has 0 saturated carbocycles.